The van der Waals surface area contributed by atoms with Crippen molar-refractivity contribution in [3.63, 3.8) is 0 Å². The van der Waals surface area contributed by atoms with E-state index in [0.717, 1.165) is 17.7 Å². The van der Waals surface area contributed by atoms with E-state index >= 15 is 0 Å². The SMILES string of the molecule is O=C(Nc1ccc(F)cc1)NS(=O)(=O)NCc1ccccc1. The molecule has 3 N–H and O–H groups in total. The summed E-state index contributed by atoms with van der Waals surface area (Å²) in [6.07, 6.45) is 0. The van der Waals surface area contributed by atoms with E-state index in [1.54, 1.807) is 29.0 Å². The van der Waals surface area contributed by atoms with Crippen LogP contribution < -0.4 is 14.8 Å². The Labute approximate surface area is 127 Å². The van der Waals surface area contributed by atoms with Crippen LogP contribution in [0.15, 0.2) is 54.6 Å². The van der Waals surface area contributed by atoms with E-state index in [4.69, 9.17) is 0 Å². The molecule has 0 aliphatic carbocycles. The fraction of sp³-hybridized carbons (Fsp3) is 0.0714. The minimum absolute atomic E-state index is 0.0556. The molecular formula is C14H14FN3O3S. The minimum atomic E-state index is -3.99. The lowest BCUT2D eigenvalue weighted by Gasteiger charge is -2.09. The van der Waals surface area contributed by atoms with E-state index in [0.29, 0.717) is 0 Å². The second kappa shape index (κ2) is 7.01. The molecule has 6 nitrogen and oxygen atoms in total. The molecule has 0 atom stereocenters. The topological polar surface area (TPSA) is 87.3 Å². The van der Waals surface area contributed by atoms with E-state index in [1.807, 2.05) is 6.07 Å². The zero-order chi connectivity index (χ0) is 16.0. The Morgan fingerprint density at radius 3 is 2.27 bits per heavy atom. The van der Waals surface area contributed by atoms with E-state index in [-0.39, 0.29) is 12.2 Å². The van der Waals surface area contributed by atoms with Crippen LogP contribution in [0.4, 0.5) is 14.9 Å². The van der Waals surface area contributed by atoms with Gasteiger partial charge in [0.1, 0.15) is 5.82 Å². The summed E-state index contributed by atoms with van der Waals surface area (Å²) in [5.41, 5.74) is 1.03. The van der Waals surface area contributed by atoms with Gasteiger partial charge in [0, 0.05) is 12.2 Å². The second-order valence-electron chi connectivity index (χ2n) is 4.37. The fourth-order valence-electron chi connectivity index (χ4n) is 1.62. The first-order valence-electron chi connectivity index (χ1n) is 6.32. The molecule has 0 saturated heterocycles. The van der Waals surface area contributed by atoms with E-state index in [2.05, 4.69) is 10.0 Å². The first-order valence-corrected chi connectivity index (χ1v) is 7.81. The molecule has 0 aliphatic rings. The number of hydrogen-bond acceptors (Lipinski definition) is 3. The summed E-state index contributed by atoms with van der Waals surface area (Å²) in [5, 5.41) is 2.29. The lowest BCUT2D eigenvalue weighted by atomic mass is 10.2. The van der Waals surface area contributed by atoms with Gasteiger partial charge in [-0.1, -0.05) is 30.3 Å². The van der Waals surface area contributed by atoms with Crippen LogP contribution in [0, 0.1) is 5.82 Å². The number of benzene rings is 2. The minimum Gasteiger partial charge on any atom is -0.307 e. The number of hydrogen-bond donors (Lipinski definition) is 3. The van der Waals surface area contributed by atoms with Crippen LogP contribution in [0.5, 0.6) is 0 Å². The molecule has 0 fully saturated rings. The molecule has 22 heavy (non-hydrogen) atoms. The zero-order valence-electron chi connectivity index (χ0n) is 11.4. The predicted molar refractivity (Wildman–Crippen MR) is 80.8 cm³/mol. The van der Waals surface area contributed by atoms with Crippen LogP contribution in [0.3, 0.4) is 0 Å². The van der Waals surface area contributed by atoms with Crippen molar-refractivity contribution in [2.24, 2.45) is 0 Å². The molecule has 0 bridgehead atoms. The summed E-state index contributed by atoms with van der Waals surface area (Å²) in [6.45, 7) is 0.0556. The molecule has 0 heterocycles. The van der Waals surface area contributed by atoms with E-state index in [9.17, 15) is 17.6 Å². The predicted octanol–water partition coefficient (Wildman–Crippen LogP) is 1.98. The number of carbonyl (C=O) groups excluding carboxylic acids is 1. The van der Waals surface area contributed by atoms with Crippen molar-refractivity contribution in [3.05, 3.63) is 66.0 Å². The largest absolute Gasteiger partial charge is 0.333 e. The summed E-state index contributed by atoms with van der Waals surface area (Å²) in [6, 6.07) is 12.9. The Bertz CT molecular complexity index is 734. The van der Waals surface area contributed by atoms with Crippen molar-refractivity contribution in [3.8, 4) is 0 Å². The molecule has 2 aromatic carbocycles. The molecule has 0 radical (unpaired) electrons. The Morgan fingerprint density at radius 2 is 1.64 bits per heavy atom. The third-order valence-electron chi connectivity index (χ3n) is 2.64. The average Bonchev–Trinajstić information content (AvgIpc) is 2.48. The van der Waals surface area contributed by atoms with Crippen LogP contribution in [-0.4, -0.2) is 14.4 Å². The van der Waals surface area contributed by atoms with Crippen LogP contribution in [0.2, 0.25) is 0 Å². The molecule has 2 amide bonds. The summed E-state index contributed by atoms with van der Waals surface area (Å²) < 4.78 is 40.2. The van der Waals surface area contributed by atoms with Gasteiger partial charge in [0.05, 0.1) is 0 Å². The normalized spacial score (nSPS) is 11.0. The fourth-order valence-corrected chi connectivity index (χ4v) is 2.35. The molecule has 0 aromatic heterocycles. The van der Waals surface area contributed by atoms with Crippen molar-refractivity contribution in [1.29, 1.82) is 0 Å². The lowest BCUT2D eigenvalue weighted by Crippen LogP contribution is -2.42. The van der Waals surface area contributed by atoms with Gasteiger partial charge < -0.3 is 5.32 Å². The Balaban J connectivity index is 1.88. The summed E-state index contributed by atoms with van der Waals surface area (Å²) in [5.74, 6) is -0.455. The molecule has 0 aliphatic heterocycles. The first-order chi connectivity index (χ1) is 10.4. The number of nitrogens with one attached hydrogen (secondary N) is 3. The summed E-state index contributed by atoms with van der Waals surface area (Å²) in [7, 11) is -3.99. The summed E-state index contributed by atoms with van der Waals surface area (Å²) >= 11 is 0. The van der Waals surface area contributed by atoms with Crippen molar-refractivity contribution >= 4 is 21.9 Å². The van der Waals surface area contributed by atoms with Gasteiger partial charge in [-0.15, -0.1) is 0 Å². The van der Waals surface area contributed by atoms with Crippen LogP contribution in [0.25, 0.3) is 0 Å². The number of anilines is 1. The highest BCUT2D eigenvalue weighted by atomic mass is 32.2. The number of halogens is 1. The third-order valence-corrected chi connectivity index (χ3v) is 3.62. The molecule has 0 spiro atoms. The van der Waals surface area contributed by atoms with Crippen molar-refractivity contribution in [1.82, 2.24) is 9.44 Å². The molecule has 0 unspecified atom stereocenters. The quantitative estimate of drug-likeness (QED) is 0.786. The highest BCUT2D eigenvalue weighted by Crippen LogP contribution is 2.07. The lowest BCUT2D eigenvalue weighted by molar-refractivity contribution is 0.256. The number of amides is 2. The van der Waals surface area contributed by atoms with Crippen molar-refractivity contribution in [2.45, 2.75) is 6.54 Å². The second-order valence-corrected chi connectivity index (χ2v) is 5.87. The maximum absolute atomic E-state index is 12.7. The van der Waals surface area contributed by atoms with Gasteiger partial charge in [-0.2, -0.15) is 13.1 Å². The molecule has 8 heteroatoms. The molecule has 2 rings (SSSR count). The average molecular weight is 323 g/mol. The molecule has 0 saturated carbocycles. The molecule has 116 valence electrons. The van der Waals surface area contributed by atoms with Gasteiger partial charge in [0.2, 0.25) is 0 Å². The van der Waals surface area contributed by atoms with Gasteiger partial charge in [-0.25, -0.2) is 13.9 Å². The van der Waals surface area contributed by atoms with Gasteiger partial charge in [-0.05, 0) is 29.8 Å². The standard InChI is InChI=1S/C14H14FN3O3S/c15-12-6-8-13(9-7-12)17-14(19)18-22(20,21)16-10-11-4-2-1-3-5-11/h1-9,16H,10H2,(H2,17,18,19). The first kappa shape index (κ1) is 15.9. The Kier molecular flexibility index (Phi) is 5.08. The third kappa shape index (κ3) is 5.15. The maximum Gasteiger partial charge on any atom is 0.333 e. The van der Waals surface area contributed by atoms with Crippen LogP contribution in [0.1, 0.15) is 5.56 Å². The van der Waals surface area contributed by atoms with Crippen LogP contribution >= 0.6 is 0 Å². The monoisotopic (exact) mass is 323 g/mol. The highest BCUT2D eigenvalue weighted by Gasteiger charge is 2.13. The van der Waals surface area contributed by atoms with Crippen molar-refractivity contribution < 1.29 is 17.6 Å². The smallest absolute Gasteiger partial charge is 0.307 e. The van der Waals surface area contributed by atoms with Crippen molar-refractivity contribution in [2.75, 3.05) is 5.32 Å². The van der Waals surface area contributed by atoms with Crippen LogP contribution in [-0.2, 0) is 16.8 Å². The number of carbonyl (C=O) groups is 1. The molecule has 2 aromatic rings. The highest BCUT2D eigenvalue weighted by molar-refractivity contribution is 7.88. The Morgan fingerprint density at radius 1 is 1.00 bits per heavy atom. The van der Waals surface area contributed by atoms with Gasteiger partial charge in [-0.3, -0.25) is 0 Å². The molecular weight excluding hydrogens is 309 g/mol. The van der Waals surface area contributed by atoms with Gasteiger partial charge in [0.25, 0.3) is 0 Å². The Hall–Kier alpha value is -2.45. The van der Waals surface area contributed by atoms with E-state index in [1.165, 1.54) is 12.1 Å². The maximum atomic E-state index is 12.7. The van der Waals surface area contributed by atoms with Gasteiger partial charge >= 0.3 is 16.2 Å². The number of urea groups is 1. The van der Waals surface area contributed by atoms with Gasteiger partial charge in [0.15, 0.2) is 0 Å². The van der Waals surface area contributed by atoms with E-state index < -0.39 is 22.1 Å². The zero-order valence-corrected chi connectivity index (χ0v) is 12.2. The number of rotatable bonds is 5. The summed E-state index contributed by atoms with van der Waals surface area (Å²) in [4.78, 5) is 11.6.